The molecule has 0 aliphatic carbocycles. The third kappa shape index (κ3) is 1.95. The van der Waals surface area contributed by atoms with E-state index in [4.69, 9.17) is 17.0 Å². The van der Waals surface area contributed by atoms with E-state index in [1.54, 1.807) is 11.7 Å². The minimum Gasteiger partial charge on any atom is -0.380 e. The third-order valence-corrected chi connectivity index (χ3v) is 3.66. The summed E-state index contributed by atoms with van der Waals surface area (Å²) in [6.45, 7) is 2.37. The topological polar surface area (TPSA) is 47.0 Å². The molecule has 16 heavy (non-hydrogen) atoms. The molecule has 0 aliphatic heterocycles. The maximum atomic E-state index is 12.1. The molecule has 0 fully saturated rings. The number of nitrogens with zero attached hydrogens (tertiary/aromatic N) is 1. The SMILES string of the molecule is COC(C)Cn1c(=S)[nH]c2ccsc2c1=O. The lowest BCUT2D eigenvalue weighted by molar-refractivity contribution is 0.102. The first-order valence-electron chi connectivity index (χ1n) is 4.86. The zero-order valence-corrected chi connectivity index (χ0v) is 10.7. The van der Waals surface area contributed by atoms with Crippen LogP contribution in [0.5, 0.6) is 0 Å². The molecule has 2 heterocycles. The van der Waals surface area contributed by atoms with Gasteiger partial charge in [-0.1, -0.05) is 0 Å². The fourth-order valence-corrected chi connectivity index (χ4v) is 2.53. The molecular formula is C10H12N2O2S2. The van der Waals surface area contributed by atoms with Crippen LogP contribution in [0.2, 0.25) is 0 Å². The van der Waals surface area contributed by atoms with Crippen LogP contribution in [0.1, 0.15) is 6.92 Å². The lowest BCUT2D eigenvalue weighted by Crippen LogP contribution is -2.27. The van der Waals surface area contributed by atoms with Crippen LogP contribution in [0.3, 0.4) is 0 Å². The molecule has 0 radical (unpaired) electrons. The lowest BCUT2D eigenvalue weighted by Gasteiger charge is -2.11. The molecule has 0 amide bonds. The van der Waals surface area contributed by atoms with Crippen molar-refractivity contribution in [3.05, 3.63) is 26.6 Å². The van der Waals surface area contributed by atoms with Crippen LogP contribution in [0, 0.1) is 4.77 Å². The minimum atomic E-state index is -0.0438. The Labute approximate surface area is 101 Å². The number of aromatic amines is 1. The van der Waals surface area contributed by atoms with Crippen LogP contribution in [0.4, 0.5) is 0 Å². The van der Waals surface area contributed by atoms with Gasteiger partial charge in [-0.15, -0.1) is 11.3 Å². The zero-order valence-electron chi connectivity index (χ0n) is 9.02. The third-order valence-electron chi connectivity index (χ3n) is 2.43. The van der Waals surface area contributed by atoms with Gasteiger partial charge < -0.3 is 9.72 Å². The van der Waals surface area contributed by atoms with Crippen LogP contribution < -0.4 is 5.56 Å². The van der Waals surface area contributed by atoms with Gasteiger partial charge in [0.1, 0.15) is 4.70 Å². The van der Waals surface area contributed by atoms with E-state index in [9.17, 15) is 4.79 Å². The van der Waals surface area contributed by atoms with Crippen molar-refractivity contribution in [3.8, 4) is 0 Å². The van der Waals surface area contributed by atoms with Gasteiger partial charge in [0.15, 0.2) is 4.77 Å². The predicted molar refractivity (Wildman–Crippen MR) is 67.7 cm³/mol. The van der Waals surface area contributed by atoms with Gasteiger partial charge in [-0.25, -0.2) is 0 Å². The standard InChI is InChI=1S/C10H12N2O2S2/c1-6(14-2)5-12-9(13)8-7(3-4-16-8)11-10(12)15/h3-4,6H,5H2,1-2H3,(H,11,15). The van der Waals surface area contributed by atoms with Crippen molar-refractivity contribution < 1.29 is 4.74 Å². The number of rotatable bonds is 3. The van der Waals surface area contributed by atoms with Crippen LogP contribution in [0.15, 0.2) is 16.2 Å². The Morgan fingerprint density at radius 1 is 1.69 bits per heavy atom. The van der Waals surface area contributed by atoms with Gasteiger partial charge in [-0.3, -0.25) is 9.36 Å². The molecule has 1 N–H and O–H groups in total. The summed E-state index contributed by atoms with van der Waals surface area (Å²) in [5, 5.41) is 1.88. The van der Waals surface area contributed by atoms with Gasteiger partial charge in [-0.05, 0) is 30.6 Å². The molecule has 4 nitrogen and oxygen atoms in total. The van der Waals surface area contributed by atoms with Crippen molar-refractivity contribution in [2.24, 2.45) is 0 Å². The number of nitrogens with one attached hydrogen (secondary N) is 1. The Morgan fingerprint density at radius 2 is 2.44 bits per heavy atom. The summed E-state index contributed by atoms with van der Waals surface area (Å²) in [4.78, 5) is 15.1. The van der Waals surface area contributed by atoms with E-state index in [1.165, 1.54) is 11.3 Å². The van der Waals surface area contributed by atoms with Crippen LogP contribution in [0.25, 0.3) is 10.2 Å². The van der Waals surface area contributed by atoms with E-state index in [0.29, 0.717) is 16.0 Å². The Hall–Kier alpha value is -0.980. The van der Waals surface area contributed by atoms with E-state index in [-0.39, 0.29) is 11.7 Å². The molecule has 0 saturated carbocycles. The van der Waals surface area contributed by atoms with Crippen molar-refractivity contribution in [1.29, 1.82) is 0 Å². The fraction of sp³-hybridized carbons (Fsp3) is 0.400. The highest BCUT2D eigenvalue weighted by Gasteiger charge is 2.09. The Kier molecular flexibility index (Phi) is 3.22. The van der Waals surface area contributed by atoms with E-state index in [0.717, 1.165) is 5.52 Å². The van der Waals surface area contributed by atoms with E-state index in [2.05, 4.69) is 4.98 Å². The zero-order chi connectivity index (χ0) is 11.7. The van der Waals surface area contributed by atoms with E-state index < -0.39 is 0 Å². The first kappa shape index (κ1) is 11.5. The molecule has 0 saturated heterocycles. The highest BCUT2D eigenvalue weighted by atomic mass is 32.1. The molecule has 0 aromatic carbocycles. The second-order valence-electron chi connectivity index (χ2n) is 3.56. The van der Waals surface area contributed by atoms with Gasteiger partial charge in [0.2, 0.25) is 0 Å². The average Bonchev–Trinajstić information content (AvgIpc) is 2.71. The van der Waals surface area contributed by atoms with Gasteiger partial charge >= 0.3 is 0 Å². The number of H-pyrrole nitrogens is 1. The smallest absolute Gasteiger partial charge is 0.272 e. The fourth-order valence-electron chi connectivity index (χ4n) is 1.47. The summed E-state index contributed by atoms with van der Waals surface area (Å²) >= 11 is 6.58. The summed E-state index contributed by atoms with van der Waals surface area (Å²) in [6, 6.07) is 1.86. The number of aromatic nitrogens is 2. The second-order valence-corrected chi connectivity index (χ2v) is 4.86. The van der Waals surface area contributed by atoms with E-state index in [1.807, 2.05) is 18.4 Å². The van der Waals surface area contributed by atoms with Crippen molar-refractivity contribution in [2.75, 3.05) is 7.11 Å². The maximum absolute atomic E-state index is 12.1. The Morgan fingerprint density at radius 3 is 3.12 bits per heavy atom. The summed E-state index contributed by atoms with van der Waals surface area (Å²) < 4.78 is 7.83. The van der Waals surface area contributed by atoms with Crippen LogP contribution in [-0.2, 0) is 11.3 Å². The highest BCUT2D eigenvalue weighted by molar-refractivity contribution is 7.71. The number of hydrogen-bond donors (Lipinski definition) is 1. The normalized spacial score (nSPS) is 13.1. The number of methoxy groups -OCH3 is 1. The Balaban J connectivity index is 2.60. The first-order chi connectivity index (χ1) is 7.63. The molecule has 1 atom stereocenters. The Bertz CT molecular complexity index is 611. The van der Waals surface area contributed by atoms with Crippen molar-refractivity contribution in [1.82, 2.24) is 9.55 Å². The molecule has 6 heteroatoms. The van der Waals surface area contributed by atoms with Crippen LogP contribution in [-0.4, -0.2) is 22.8 Å². The average molecular weight is 256 g/mol. The van der Waals surface area contributed by atoms with Gasteiger partial charge in [0.25, 0.3) is 5.56 Å². The molecule has 1 unspecified atom stereocenters. The summed E-state index contributed by atoms with van der Waals surface area (Å²) in [6.07, 6.45) is -0.0368. The van der Waals surface area contributed by atoms with Gasteiger partial charge in [0, 0.05) is 7.11 Å². The number of thiophene rings is 1. The number of fused-ring (bicyclic) bond motifs is 1. The number of ether oxygens (including phenoxy) is 1. The quantitative estimate of drug-likeness (QED) is 0.856. The number of hydrogen-bond acceptors (Lipinski definition) is 4. The first-order valence-corrected chi connectivity index (χ1v) is 6.15. The molecule has 0 aliphatic rings. The molecule has 0 bridgehead atoms. The molecular weight excluding hydrogens is 244 g/mol. The predicted octanol–water partition coefficient (Wildman–Crippen LogP) is 2.16. The van der Waals surface area contributed by atoms with Gasteiger partial charge in [0.05, 0.1) is 18.2 Å². The minimum absolute atomic E-state index is 0.0368. The summed E-state index contributed by atoms with van der Waals surface area (Å²) in [7, 11) is 1.62. The largest absolute Gasteiger partial charge is 0.380 e. The van der Waals surface area contributed by atoms with E-state index >= 15 is 0 Å². The van der Waals surface area contributed by atoms with Crippen molar-refractivity contribution >= 4 is 33.8 Å². The second kappa shape index (κ2) is 4.48. The molecule has 0 spiro atoms. The van der Waals surface area contributed by atoms with Crippen molar-refractivity contribution in [3.63, 3.8) is 0 Å². The molecule has 86 valence electrons. The summed E-state index contributed by atoms with van der Waals surface area (Å²) in [5.41, 5.74) is 0.763. The van der Waals surface area contributed by atoms with Crippen molar-refractivity contribution in [2.45, 2.75) is 19.6 Å². The lowest BCUT2D eigenvalue weighted by atomic mass is 10.4. The van der Waals surface area contributed by atoms with Crippen LogP contribution >= 0.6 is 23.6 Å². The molecule has 2 rings (SSSR count). The molecule has 2 aromatic rings. The highest BCUT2D eigenvalue weighted by Crippen LogP contribution is 2.14. The van der Waals surface area contributed by atoms with Gasteiger partial charge in [-0.2, -0.15) is 0 Å². The maximum Gasteiger partial charge on any atom is 0.272 e. The summed E-state index contributed by atoms with van der Waals surface area (Å²) in [5.74, 6) is 0. The molecule has 2 aromatic heterocycles. The monoisotopic (exact) mass is 256 g/mol.